The molecule has 0 aliphatic carbocycles. The summed E-state index contributed by atoms with van der Waals surface area (Å²) in [5.74, 6) is 1.21. The van der Waals surface area contributed by atoms with Crippen molar-refractivity contribution >= 4 is 17.1 Å². The number of benzene rings is 1. The summed E-state index contributed by atoms with van der Waals surface area (Å²) in [5, 5.41) is 4.65. The highest BCUT2D eigenvalue weighted by atomic mass is 16.5. The van der Waals surface area contributed by atoms with Gasteiger partial charge in [-0.3, -0.25) is 4.79 Å². The number of nitrogens with zero attached hydrogens (tertiary/aromatic N) is 5. The zero-order chi connectivity index (χ0) is 18.8. The van der Waals surface area contributed by atoms with Crippen molar-refractivity contribution < 1.29 is 9.53 Å². The van der Waals surface area contributed by atoms with Gasteiger partial charge in [0.2, 0.25) is 5.91 Å². The maximum Gasteiger partial charge on any atom is 0.227 e. The summed E-state index contributed by atoms with van der Waals surface area (Å²) in [5.41, 5.74) is 3.61. The monoisotopic (exact) mass is 365 g/mol. The number of aromatic nitrogens is 4. The average Bonchev–Trinajstić information content (AvgIpc) is 3.05. The molecule has 0 radical (unpaired) electrons. The normalized spacial score (nSPS) is 15.3. The Kier molecular flexibility index (Phi) is 4.75. The lowest BCUT2D eigenvalue weighted by Gasteiger charge is -2.31. The van der Waals surface area contributed by atoms with Crippen molar-refractivity contribution in [3.05, 3.63) is 47.9 Å². The molecule has 27 heavy (non-hydrogen) atoms. The van der Waals surface area contributed by atoms with Gasteiger partial charge in [-0.15, -0.1) is 0 Å². The largest absolute Gasteiger partial charge is 0.496 e. The molecule has 3 aromatic rings. The number of ether oxygens (including phenoxy) is 1. The van der Waals surface area contributed by atoms with Gasteiger partial charge in [-0.05, 0) is 18.9 Å². The minimum Gasteiger partial charge on any atom is -0.496 e. The Morgan fingerprint density at radius 3 is 2.70 bits per heavy atom. The molecule has 1 saturated heterocycles. The topological polar surface area (TPSA) is 73.1 Å². The van der Waals surface area contributed by atoms with Gasteiger partial charge in [0.05, 0.1) is 19.2 Å². The summed E-state index contributed by atoms with van der Waals surface area (Å²) < 4.78 is 7.15. The molecular formula is C20H23N5O2. The second kappa shape index (κ2) is 7.34. The minimum atomic E-state index is 0.142. The highest BCUT2D eigenvalue weighted by Gasteiger charge is 2.28. The van der Waals surface area contributed by atoms with Crippen molar-refractivity contribution in [2.45, 2.75) is 25.2 Å². The van der Waals surface area contributed by atoms with Crippen LogP contribution in [0.1, 0.15) is 30.0 Å². The number of amides is 1. The molecule has 0 bridgehead atoms. The van der Waals surface area contributed by atoms with E-state index in [-0.39, 0.29) is 5.91 Å². The van der Waals surface area contributed by atoms with Crippen LogP contribution in [0.5, 0.6) is 5.75 Å². The predicted octanol–water partition coefficient (Wildman–Crippen LogP) is 2.32. The highest BCUT2D eigenvalue weighted by Crippen LogP contribution is 2.31. The fourth-order valence-corrected chi connectivity index (χ4v) is 3.81. The molecule has 1 aromatic carbocycles. The molecule has 1 fully saturated rings. The third kappa shape index (κ3) is 3.37. The number of para-hydroxylation sites is 1. The number of hydrogen-bond donors (Lipinski definition) is 0. The van der Waals surface area contributed by atoms with Crippen LogP contribution >= 0.6 is 0 Å². The van der Waals surface area contributed by atoms with Crippen LogP contribution in [-0.2, 0) is 18.3 Å². The third-order valence-electron chi connectivity index (χ3n) is 5.25. The maximum atomic E-state index is 12.7. The molecule has 0 spiro atoms. The smallest absolute Gasteiger partial charge is 0.227 e. The lowest BCUT2D eigenvalue weighted by atomic mass is 9.92. The number of likely N-dealkylation sites (tertiary alicyclic amines) is 1. The first-order chi connectivity index (χ1) is 13.2. The van der Waals surface area contributed by atoms with E-state index in [1.54, 1.807) is 24.2 Å². The quantitative estimate of drug-likeness (QED) is 0.709. The SMILES string of the molecule is COc1ccccc1CC(=O)N1CCC(c2nn(C)c3nccnc23)CC1. The Morgan fingerprint density at radius 2 is 1.93 bits per heavy atom. The molecule has 140 valence electrons. The van der Waals surface area contributed by atoms with E-state index in [1.807, 2.05) is 36.2 Å². The molecule has 0 saturated carbocycles. The number of piperidine rings is 1. The third-order valence-corrected chi connectivity index (χ3v) is 5.25. The number of carbonyl (C=O) groups is 1. The molecule has 0 unspecified atom stereocenters. The van der Waals surface area contributed by atoms with Gasteiger partial charge in [-0.1, -0.05) is 18.2 Å². The lowest BCUT2D eigenvalue weighted by molar-refractivity contribution is -0.131. The number of hydrogen-bond acceptors (Lipinski definition) is 5. The molecule has 0 N–H and O–H groups in total. The first kappa shape index (κ1) is 17.5. The lowest BCUT2D eigenvalue weighted by Crippen LogP contribution is -2.39. The van der Waals surface area contributed by atoms with E-state index in [0.29, 0.717) is 12.3 Å². The van der Waals surface area contributed by atoms with E-state index in [4.69, 9.17) is 4.74 Å². The van der Waals surface area contributed by atoms with Crippen molar-refractivity contribution in [3.8, 4) is 5.75 Å². The van der Waals surface area contributed by atoms with E-state index >= 15 is 0 Å². The number of fused-ring (bicyclic) bond motifs is 1. The van der Waals surface area contributed by atoms with Crippen molar-refractivity contribution in [2.75, 3.05) is 20.2 Å². The standard InChI is InChI=1S/C20H23N5O2/c1-24-20-19(21-9-10-22-20)18(23-24)14-7-11-25(12-8-14)17(26)13-15-5-3-4-6-16(15)27-2/h3-6,9-10,14H,7-8,11-13H2,1-2H3. The van der Waals surface area contributed by atoms with Gasteiger partial charge in [0.1, 0.15) is 11.3 Å². The van der Waals surface area contributed by atoms with Gasteiger partial charge < -0.3 is 9.64 Å². The van der Waals surface area contributed by atoms with Crippen LogP contribution in [0.4, 0.5) is 0 Å². The molecule has 2 aromatic heterocycles. The Bertz CT molecular complexity index is 960. The number of carbonyl (C=O) groups excluding carboxylic acids is 1. The van der Waals surface area contributed by atoms with Crippen LogP contribution in [0.25, 0.3) is 11.2 Å². The molecule has 3 heterocycles. The second-order valence-electron chi connectivity index (χ2n) is 6.88. The van der Waals surface area contributed by atoms with Crippen molar-refractivity contribution in [1.82, 2.24) is 24.6 Å². The van der Waals surface area contributed by atoms with E-state index in [0.717, 1.165) is 54.1 Å². The molecule has 7 heteroatoms. The van der Waals surface area contributed by atoms with Crippen LogP contribution in [0.2, 0.25) is 0 Å². The van der Waals surface area contributed by atoms with Gasteiger partial charge in [0.25, 0.3) is 0 Å². The zero-order valence-corrected chi connectivity index (χ0v) is 15.6. The van der Waals surface area contributed by atoms with E-state index in [1.165, 1.54) is 0 Å². The highest BCUT2D eigenvalue weighted by molar-refractivity contribution is 5.80. The maximum absolute atomic E-state index is 12.7. The zero-order valence-electron chi connectivity index (χ0n) is 15.6. The second-order valence-corrected chi connectivity index (χ2v) is 6.88. The molecule has 1 aliphatic rings. The number of rotatable bonds is 4. The van der Waals surface area contributed by atoms with E-state index in [9.17, 15) is 4.79 Å². The summed E-state index contributed by atoms with van der Waals surface area (Å²) >= 11 is 0. The van der Waals surface area contributed by atoms with Gasteiger partial charge in [-0.25, -0.2) is 14.6 Å². The Balaban J connectivity index is 1.43. The van der Waals surface area contributed by atoms with Gasteiger partial charge in [-0.2, -0.15) is 5.10 Å². The van der Waals surface area contributed by atoms with Crippen LogP contribution in [0.15, 0.2) is 36.7 Å². The summed E-state index contributed by atoms with van der Waals surface area (Å²) in [4.78, 5) is 23.5. The fourth-order valence-electron chi connectivity index (χ4n) is 3.81. The van der Waals surface area contributed by atoms with Crippen LogP contribution in [0, 0.1) is 0 Å². The number of methoxy groups -OCH3 is 1. The average molecular weight is 365 g/mol. The Morgan fingerprint density at radius 1 is 1.19 bits per heavy atom. The number of aryl methyl sites for hydroxylation is 1. The van der Waals surface area contributed by atoms with Gasteiger partial charge in [0, 0.05) is 44.0 Å². The Labute approximate surface area is 158 Å². The van der Waals surface area contributed by atoms with Gasteiger partial charge in [0.15, 0.2) is 5.65 Å². The molecular weight excluding hydrogens is 342 g/mol. The molecule has 1 amide bonds. The summed E-state index contributed by atoms with van der Waals surface area (Å²) in [6.45, 7) is 1.47. The van der Waals surface area contributed by atoms with Crippen LogP contribution in [0.3, 0.4) is 0 Å². The molecule has 4 rings (SSSR count). The van der Waals surface area contributed by atoms with Crippen LogP contribution in [-0.4, -0.2) is 50.8 Å². The van der Waals surface area contributed by atoms with Gasteiger partial charge >= 0.3 is 0 Å². The first-order valence-electron chi connectivity index (χ1n) is 9.20. The van der Waals surface area contributed by atoms with Crippen molar-refractivity contribution in [3.63, 3.8) is 0 Å². The summed E-state index contributed by atoms with van der Waals surface area (Å²) in [7, 11) is 3.53. The fraction of sp³-hybridized carbons (Fsp3) is 0.400. The van der Waals surface area contributed by atoms with Crippen molar-refractivity contribution in [2.24, 2.45) is 7.05 Å². The van der Waals surface area contributed by atoms with E-state index < -0.39 is 0 Å². The van der Waals surface area contributed by atoms with Crippen LogP contribution < -0.4 is 4.74 Å². The Hall–Kier alpha value is -2.96. The summed E-state index contributed by atoms with van der Waals surface area (Å²) in [6.07, 6.45) is 5.54. The van der Waals surface area contributed by atoms with Crippen molar-refractivity contribution in [1.29, 1.82) is 0 Å². The minimum absolute atomic E-state index is 0.142. The van der Waals surface area contributed by atoms with E-state index in [2.05, 4.69) is 15.1 Å². The summed E-state index contributed by atoms with van der Waals surface area (Å²) in [6, 6.07) is 7.69. The predicted molar refractivity (Wildman–Crippen MR) is 102 cm³/mol. The molecule has 0 atom stereocenters. The molecule has 7 nitrogen and oxygen atoms in total. The molecule has 1 aliphatic heterocycles. The first-order valence-corrected chi connectivity index (χ1v) is 9.20.